The number of alkyl halides is 3. The lowest BCUT2D eigenvalue weighted by Crippen LogP contribution is -2.39. The largest absolute Gasteiger partial charge is 0.416 e. The molecular weight excluding hydrogens is 407 g/mol. The SMILES string of the molecule is Cc1ccc2c(c1)CCCN2C(=O)c1nn(-c2cccc(C(F)(F)F)c2)c(C)cc1=O. The fourth-order valence-electron chi connectivity index (χ4n) is 3.84. The van der Waals surface area contributed by atoms with Gasteiger partial charge < -0.3 is 4.90 Å². The van der Waals surface area contributed by atoms with Crippen LogP contribution in [0.25, 0.3) is 5.69 Å². The summed E-state index contributed by atoms with van der Waals surface area (Å²) in [7, 11) is 0. The molecule has 1 amide bonds. The summed E-state index contributed by atoms with van der Waals surface area (Å²) < 4.78 is 40.6. The van der Waals surface area contributed by atoms with Crippen LogP contribution < -0.4 is 10.3 Å². The van der Waals surface area contributed by atoms with E-state index in [4.69, 9.17) is 0 Å². The van der Waals surface area contributed by atoms with Crippen molar-refractivity contribution in [2.24, 2.45) is 0 Å². The molecule has 0 bridgehead atoms. The van der Waals surface area contributed by atoms with Crippen LogP contribution in [0.4, 0.5) is 18.9 Å². The third-order valence-corrected chi connectivity index (χ3v) is 5.33. The average Bonchev–Trinajstić information content (AvgIpc) is 2.72. The minimum absolute atomic E-state index is 0.121. The highest BCUT2D eigenvalue weighted by atomic mass is 19.4. The molecule has 160 valence electrons. The van der Waals surface area contributed by atoms with Gasteiger partial charge in [0.2, 0.25) is 5.43 Å². The van der Waals surface area contributed by atoms with Gasteiger partial charge >= 0.3 is 6.18 Å². The summed E-state index contributed by atoms with van der Waals surface area (Å²) in [5.74, 6) is -0.560. The maximum Gasteiger partial charge on any atom is 0.416 e. The molecule has 0 saturated carbocycles. The molecule has 8 heteroatoms. The Labute approximate surface area is 176 Å². The Morgan fingerprint density at radius 3 is 2.58 bits per heavy atom. The summed E-state index contributed by atoms with van der Waals surface area (Å²) in [5.41, 5.74) is 1.55. The normalized spacial score (nSPS) is 13.8. The molecule has 3 aromatic rings. The number of aromatic nitrogens is 2. The first-order chi connectivity index (χ1) is 14.6. The average molecular weight is 427 g/mol. The van der Waals surface area contributed by atoms with Gasteiger partial charge in [0, 0.05) is 24.0 Å². The van der Waals surface area contributed by atoms with Crippen LogP contribution >= 0.6 is 0 Å². The first-order valence-electron chi connectivity index (χ1n) is 9.85. The van der Waals surface area contributed by atoms with Crippen molar-refractivity contribution in [3.63, 3.8) is 0 Å². The van der Waals surface area contributed by atoms with E-state index >= 15 is 0 Å². The smallest absolute Gasteiger partial charge is 0.307 e. The second kappa shape index (κ2) is 7.68. The van der Waals surface area contributed by atoms with Gasteiger partial charge in [0.15, 0.2) is 5.69 Å². The second-order valence-electron chi connectivity index (χ2n) is 7.65. The highest BCUT2D eigenvalue weighted by Gasteiger charge is 2.31. The number of anilines is 1. The van der Waals surface area contributed by atoms with Gasteiger partial charge in [-0.15, -0.1) is 0 Å². The summed E-state index contributed by atoms with van der Waals surface area (Å²) in [5, 5.41) is 4.18. The lowest BCUT2D eigenvalue weighted by molar-refractivity contribution is -0.137. The van der Waals surface area contributed by atoms with Crippen LogP contribution in [-0.4, -0.2) is 22.2 Å². The Hall–Kier alpha value is -3.42. The molecule has 0 saturated heterocycles. The van der Waals surface area contributed by atoms with Crippen molar-refractivity contribution in [1.29, 1.82) is 0 Å². The lowest BCUT2D eigenvalue weighted by Gasteiger charge is -2.29. The van der Waals surface area contributed by atoms with Crippen LogP contribution in [0.5, 0.6) is 0 Å². The number of carbonyl (C=O) groups excluding carboxylic acids is 1. The first kappa shape index (κ1) is 20.8. The number of fused-ring (bicyclic) bond motifs is 1. The number of carbonyl (C=O) groups is 1. The maximum absolute atomic E-state index is 13.3. The molecule has 0 N–H and O–H groups in total. The zero-order chi connectivity index (χ0) is 22.3. The van der Waals surface area contributed by atoms with Crippen molar-refractivity contribution in [3.8, 4) is 5.69 Å². The van der Waals surface area contributed by atoms with Gasteiger partial charge in [0.05, 0.1) is 11.3 Å². The molecule has 0 atom stereocenters. The van der Waals surface area contributed by atoms with Gasteiger partial charge in [-0.2, -0.15) is 18.3 Å². The summed E-state index contributed by atoms with van der Waals surface area (Å²) in [6, 6.07) is 11.6. The molecule has 1 aromatic heterocycles. The van der Waals surface area contributed by atoms with Gasteiger partial charge in [-0.3, -0.25) is 9.59 Å². The van der Waals surface area contributed by atoms with Crippen molar-refractivity contribution in [3.05, 3.63) is 86.8 Å². The van der Waals surface area contributed by atoms with E-state index in [1.165, 1.54) is 27.8 Å². The standard InChI is InChI=1S/C23H20F3N3O2/c1-14-8-9-19-16(11-14)5-4-10-28(19)22(31)21-20(30)12-15(2)29(27-21)18-7-3-6-17(13-18)23(24,25)26/h3,6-9,11-13H,4-5,10H2,1-2H3. The predicted molar refractivity (Wildman–Crippen MR) is 111 cm³/mol. The van der Waals surface area contributed by atoms with Gasteiger partial charge in [-0.25, -0.2) is 4.68 Å². The topological polar surface area (TPSA) is 55.2 Å². The zero-order valence-corrected chi connectivity index (χ0v) is 17.0. The Kier molecular flexibility index (Phi) is 5.16. The summed E-state index contributed by atoms with van der Waals surface area (Å²) >= 11 is 0. The van der Waals surface area contributed by atoms with Gasteiger partial charge in [-0.05, 0) is 56.5 Å². The number of hydrogen-bond donors (Lipinski definition) is 0. The zero-order valence-electron chi connectivity index (χ0n) is 17.0. The van der Waals surface area contributed by atoms with E-state index in [0.717, 1.165) is 41.8 Å². The molecule has 0 spiro atoms. The Bertz CT molecular complexity index is 1230. The molecule has 0 fully saturated rings. The fraction of sp³-hybridized carbons (Fsp3) is 0.261. The summed E-state index contributed by atoms with van der Waals surface area (Å²) in [6.45, 7) is 3.96. The molecule has 0 unspecified atom stereocenters. The molecular formula is C23H20F3N3O2. The molecule has 1 aliphatic rings. The second-order valence-corrected chi connectivity index (χ2v) is 7.65. The maximum atomic E-state index is 13.3. The Balaban J connectivity index is 1.78. The first-order valence-corrected chi connectivity index (χ1v) is 9.85. The molecule has 4 rings (SSSR count). The van der Waals surface area contributed by atoms with Crippen molar-refractivity contribution < 1.29 is 18.0 Å². The number of aryl methyl sites for hydroxylation is 3. The summed E-state index contributed by atoms with van der Waals surface area (Å²) in [6.07, 6.45) is -2.94. The lowest BCUT2D eigenvalue weighted by atomic mass is 9.99. The van der Waals surface area contributed by atoms with Crippen LogP contribution in [0.2, 0.25) is 0 Å². The van der Waals surface area contributed by atoms with Crippen LogP contribution in [-0.2, 0) is 12.6 Å². The minimum Gasteiger partial charge on any atom is -0.307 e. The quantitative estimate of drug-likeness (QED) is 0.607. The van der Waals surface area contributed by atoms with Crippen molar-refractivity contribution in [2.45, 2.75) is 32.9 Å². The van der Waals surface area contributed by atoms with E-state index < -0.39 is 23.1 Å². The van der Waals surface area contributed by atoms with Gasteiger partial charge in [0.25, 0.3) is 5.91 Å². The molecule has 0 aliphatic carbocycles. The van der Waals surface area contributed by atoms with Crippen LogP contribution in [0, 0.1) is 13.8 Å². The van der Waals surface area contributed by atoms with E-state index in [-0.39, 0.29) is 11.4 Å². The fourth-order valence-corrected chi connectivity index (χ4v) is 3.84. The number of nitrogens with zero attached hydrogens (tertiary/aromatic N) is 3. The number of amides is 1. The van der Waals surface area contributed by atoms with Gasteiger partial charge in [-0.1, -0.05) is 23.8 Å². The number of hydrogen-bond acceptors (Lipinski definition) is 3. The number of rotatable bonds is 2. The van der Waals surface area contributed by atoms with Crippen molar-refractivity contribution in [1.82, 2.24) is 9.78 Å². The Morgan fingerprint density at radius 1 is 1.06 bits per heavy atom. The van der Waals surface area contributed by atoms with E-state index in [1.54, 1.807) is 6.92 Å². The van der Waals surface area contributed by atoms with Crippen LogP contribution in [0.1, 0.15) is 39.3 Å². The minimum atomic E-state index is -4.52. The van der Waals surface area contributed by atoms with Crippen LogP contribution in [0.3, 0.4) is 0 Å². The molecule has 2 heterocycles. The molecule has 0 radical (unpaired) electrons. The van der Waals surface area contributed by atoms with E-state index in [9.17, 15) is 22.8 Å². The molecule has 31 heavy (non-hydrogen) atoms. The highest BCUT2D eigenvalue weighted by Crippen LogP contribution is 2.31. The molecule has 1 aliphatic heterocycles. The summed E-state index contributed by atoms with van der Waals surface area (Å²) in [4.78, 5) is 27.4. The van der Waals surface area contributed by atoms with E-state index in [1.807, 2.05) is 25.1 Å². The third kappa shape index (κ3) is 3.97. The van der Waals surface area contributed by atoms with Crippen molar-refractivity contribution in [2.75, 3.05) is 11.4 Å². The van der Waals surface area contributed by atoms with Crippen LogP contribution in [0.15, 0.2) is 53.3 Å². The highest BCUT2D eigenvalue weighted by molar-refractivity contribution is 6.05. The Morgan fingerprint density at radius 2 is 1.84 bits per heavy atom. The van der Waals surface area contributed by atoms with E-state index in [0.29, 0.717) is 12.2 Å². The molecule has 5 nitrogen and oxygen atoms in total. The predicted octanol–water partition coefficient (Wildman–Crippen LogP) is 4.46. The molecule has 2 aromatic carbocycles. The third-order valence-electron chi connectivity index (χ3n) is 5.33. The monoisotopic (exact) mass is 427 g/mol. The van der Waals surface area contributed by atoms with E-state index in [2.05, 4.69) is 5.10 Å². The van der Waals surface area contributed by atoms with Crippen molar-refractivity contribution >= 4 is 11.6 Å². The number of halogens is 3. The number of benzene rings is 2. The van der Waals surface area contributed by atoms with Gasteiger partial charge in [0.1, 0.15) is 0 Å².